The fourth-order valence-electron chi connectivity index (χ4n) is 3.83. The monoisotopic (exact) mass is 387 g/mol. The first-order valence-corrected chi connectivity index (χ1v) is 8.97. The van der Waals surface area contributed by atoms with Gasteiger partial charge in [0, 0.05) is 62.7 Å². The molecule has 5 rings (SSSR count). The Balaban J connectivity index is 1.84. The third-order valence-corrected chi connectivity index (χ3v) is 5.16. The zero-order chi connectivity index (χ0) is 20.1. The number of ether oxygens (including phenoxy) is 1. The van der Waals surface area contributed by atoms with Gasteiger partial charge in [0.2, 0.25) is 0 Å². The number of nitrogens with one attached hydrogen (secondary N) is 3. The molecule has 5 N–H and O–H groups in total. The van der Waals surface area contributed by atoms with E-state index in [1.54, 1.807) is 48.8 Å². The fraction of sp³-hybridized carbons (Fsp3) is 0.0455. The van der Waals surface area contributed by atoms with Gasteiger partial charge in [-0.05, 0) is 36.4 Å². The summed E-state index contributed by atoms with van der Waals surface area (Å²) in [6.07, 6.45) is 5.38. The quantitative estimate of drug-likeness (QED) is 0.293. The lowest BCUT2D eigenvalue weighted by Crippen LogP contribution is -2.03. The van der Waals surface area contributed by atoms with Gasteiger partial charge in [-0.25, -0.2) is 4.79 Å². The zero-order valence-electron chi connectivity index (χ0n) is 15.4. The summed E-state index contributed by atoms with van der Waals surface area (Å²) in [6, 6.07) is 10.1. The summed E-state index contributed by atoms with van der Waals surface area (Å²) < 4.78 is 4.97. The van der Waals surface area contributed by atoms with Gasteiger partial charge in [-0.2, -0.15) is 0 Å². The van der Waals surface area contributed by atoms with Crippen LogP contribution in [0.3, 0.4) is 0 Å². The number of carbonyl (C=O) groups excluding carboxylic acids is 1. The van der Waals surface area contributed by atoms with Crippen molar-refractivity contribution >= 4 is 27.8 Å². The van der Waals surface area contributed by atoms with Crippen LogP contribution in [-0.4, -0.2) is 38.2 Å². The predicted octanol–water partition coefficient (Wildman–Crippen LogP) is 4.51. The third kappa shape index (κ3) is 2.55. The molecule has 2 aromatic carbocycles. The average molecular weight is 387 g/mol. The molecule has 3 heterocycles. The summed E-state index contributed by atoms with van der Waals surface area (Å²) in [5, 5.41) is 21.5. The van der Waals surface area contributed by atoms with Crippen molar-refractivity contribution in [3.05, 3.63) is 60.7 Å². The number of phenolic OH excluding ortho intramolecular Hbond substituents is 2. The molecule has 0 radical (unpaired) electrons. The van der Waals surface area contributed by atoms with E-state index in [1.807, 2.05) is 6.20 Å². The number of carbonyl (C=O) groups is 1. The lowest BCUT2D eigenvalue weighted by Gasteiger charge is -2.06. The Morgan fingerprint density at radius 3 is 1.97 bits per heavy atom. The van der Waals surface area contributed by atoms with Crippen LogP contribution in [0.25, 0.3) is 44.1 Å². The van der Waals surface area contributed by atoms with E-state index in [1.165, 1.54) is 7.11 Å². The van der Waals surface area contributed by atoms with Gasteiger partial charge in [0.1, 0.15) is 17.2 Å². The number of aromatic nitrogens is 3. The van der Waals surface area contributed by atoms with Crippen LogP contribution in [0.5, 0.6) is 11.5 Å². The maximum Gasteiger partial charge on any atom is 0.355 e. The number of H-pyrrole nitrogens is 3. The Morgan fingerprint density at radius 1 is 0.793 bits per heavy atom. The molecule has 5 aromatic rings. The summed E-state index contributed by atoms with van der Waals surface area (Å²) in [5.74, 6) is -0.212. The van der Waals surface area contributed by atoms with Gasteiger partial charge < -0.3 is 29.9 Å². The van der Waals surface area contributed by atoms with Crippen molar-refractivity contribution in [2.24, 2.45) is 0 Å². The largest absolute Gasteiger partial charge is 0.508 e. The first-order valence-electron chi connectivity index (χ1n) is 8.97. The summed E-state index contributed by atoms with van der Waals surface area (Å²) in [5.41, 5.74) is 5.00. The minimum absolute atomic E-state index is 0.132. The van der Waals surface area contributed by atoms with Gasteiger partial charge in [0.25, 0.3) is 0 Å². The van der Waals surface area contributed by atoms with Crippen LogP contribution in [0, 0.1) is 0 Å². The second-order valence-corrected chi connectivity index (χ2v) is 6.81. The van der Waals surface area contributed by atoms with Gasteiger partial charge in [-0.1, -0.05) is 0 Å². The number of phenols is 2. The van der Waals surface area contributed by atoms with E-state index < -0.39 is 5.97 Å². The maximum absolute atomic E-state index is 12.5. The lowest BCUT2D eigenvalue weighted by molar-refractivity contribution is 0.0595. The number of fused-ring (bicyclic) bond motifs is 2. The van der Waals surface area contributed by atoms with Crippen molar-refractivity contribution < 1.29 is 19.7 Å². The summed E-state index contributed by atoms with van der Waals surface area (Å²) in [4.78, 5) is 21.9. The second-order valence-electron chi connectivity index (χ2n) is 6.81. The Morgan fingerprint density at radius 2 is 1.34 bits per heavy atom. The molecule has 0 fully saturated rings. The molecule has 3 aromatic heterocycles. The molecule has 0 unspecified atom stereocenters. The van der Waals surface area contributed by atoms with Crippen LogP contribution in [-0.2, 0) is 4.74 Å². The van der Waals surface area contributed by atoms with Crippen LogP contribution in [0.4, 0.5) is 0 Å². The molecule has 0 aliphatic carbocycles. The van der Waals surface area contributed by atoms with Crippen LogP contribution in [0.15, 0.2) is 55.0 Å². The van der Waals surface area contributed by atoms with E-state index in [-0.39, 0.29) is 11.5 Å². The molecule has 7 heteroatoms. The van der Waals surface area contributed by atoms with Crippen molar-refractivity contribution in [2.45, 2.75) is 0 Å². The number of rotatable bonds is 3. The van der Waals surface area contributed by atoms with Crippen molar-refractivity contribution in [3.63, 3.8) is 0 Å². The number of hydrogen-bond acceptors (Lipinski definition) is 4. The molecule has 0 saturated carbocycles. The van der Waals surface area contributed by atoms with Crippen molar-refractivity contribution in [1.82, 2.24) is 15.0 Å². The molecule has 0 atom stereocenters. The van der Waals surface area contributed by atoms with E-state index in [0.717, 1.165) is 38.5 Å². The molecule has 0 saturated heterocycles. The van der Waals surface area contributed by atoms with E-state index in [4.69, 9.17) is 4.74 Å². The van der Waals surface area contributed by atoms with Crippen LogP contribution in [0.1, 0.15) is 10.5 Å². The molecular formula is C22H17N3O4. The molecule has 144 valence electrons. The molecule has 0 amide bonds. The Labute approximate surface area is 164 Å². The number of benzene rings is 2. The number of hydrogen-bond donors (Lipinski definition) is 5. The topological polar surface area (TPSA) is 114 Å². The highest BCUT2D eigenvalue weighted by Crippen LogP contribution is 2.42. The SMILES string of the molecule is COC(=O)c1[nH]cc(-c2c[nH]c3ccc(O)cc23)c1-c1c[nH]c2ccc(O)cc12. The van der Waals surface area contributed by atoms with Gasteiger partial charge in [0.05, 0.1) is 7.11 Å². The van der Waals surface area contributed by atoms with Crippen LogP contribution >= 0.6 is 0 Å². The Kier molecular flexibility index (Phi) is 3.64. The summed E-state index contributed by atoms with van der Waals surface area (Å²) in [7, 11) is 1.33. The van der Waals surface area contributed by atoms with E-state index >= 15 is 0 Å². The van der Waals surface area contributed by atoms with E-state index in [9.17, 15) is 15.0 Å². The second kappa shape index (κ2) is 6.20. The Bertz CT molecular complexity index is 1390. The highest BCUT2D eigenvalue weighted by atomic mass is 16.5. The predicted molar refractivity (Wildman–Crippen MR) is 110 cm³/mol. The van der Waals surface area contributed by atoms with Gasteiger partial charge in [0.15, 0.2) is 0 Å². The highest BCUT2D eigenvalue weighted by molar-refractivity contribution is 6.10. The van der Waals surface area contributed by atoms with Crippen LogP contribution in [0.2, 0.25) is 0 Å². The van der Waals surface area contributed by atoms with Crippen molar-refractivity contribution in [3.8, 4) is 33.8 Å². The number of aromatic amines is 3. The number of aromatic hydroxyl groups is 2. The molecule has 0 aliphatic heterocycles. The standard InChI is InChI=1S/C22H17N3O4/c1-29-22(28)21-20(16-9-24-19-5-3-12(27)7-14(16)19)17(10-25-21)15-8-23-18-4-2-11(26)6-13(15)18/h2-10,23-27H,1H3. The minimum atomic E-state index is -0.497. The highest BCUT2D eigenvalue weighted by Gasteiger charge is 2.24. The first-order chi connectivity index (χ1) is 14.1. The lowest BCUT2D eigenvalue weighted by atomic mass is 9.96. The van der Waals surface area contributed by atoms with Gasteiger partial charge >= 0.3 is 5.97 Å². The number of methoxy groups -OCH3 is 1. The zero-order valence-corrected chi connectivity index (χ0v) is 15.4. The first kappa shape index (κ1) is 17.0. The Hall–Kier alpha value is -4.13. The summed E-state index contributed by atoms with van der Waals surface area (Å²) in [6.45, 7) is 0. The van der Waals surface area contributed by atoms with Gasteiger partial charge in [-0.3, -0.25) is 0 Å². The summed E-state index contributed by atoms with van der Waals surface area (Å²) >= 11 is 0. The molecular weight excluding hydrogens is 370 g/mol. The van der Waals surface area contributed by atoms with E-state index in [0.29, 0.717) is 11.3 Å². The van der Waals surface area contributed by atoms with Crippen molar-refractivity contribution in [1.29, 1.82) is 0 Å². The molecule has 7 nitrogen and oxygen atoms in total. The molecule has 0 aliphatic rings. The minimum Gasteiger partial charge on any atom is -0.508 e. The number of esters is 1. The molecule has 0 bridgehead atoms. The van der Waals surface area contributed by atoms with Crippen LogP contribution < -0.4 is 0 Å². The van der Waals surface area contributed by atoms with Crippen molar-refractivity contribution in [2.75, 3.05) is 7.11 Å². The molecule has 0 spiro atoms. The van der Waals surface area contributed by atoms with Gasteiger partial charge in [-0.15, -0.1) is 0 Å². The maximum atomic E-state index is 12.5. The third-order valence-electron chi connectivity index (χ3n) is 5.16. The molecule has 29 heavy (non-hydrogen) atoms. The smallest absolute Gasteiger partial charge is 0.355 e. The fourth-order valence-corrected chi connectivity index (χ4v) is 3.83. The normalized spacial score (nSPS) is 11.3. The average Bonchev–Trinajstić information content (AvgIpc) is 3.42. The van der Waals surface area contributed by atoms with E-state index in [2.05, 4.69) is 15.0 Å².